The average Bonchev–Trinajstić information content (AvgIpc) is 0.918. The van der Waals surface area contributed by atoms with Gasteiger partial charge in [-0.2, -0.15) is 0 Å². The second-order valence-corrected chi connectivity index (χ2v) is 0.267. The maximum atomic E-state index is 8.57. The lowest BCUT2D eigenvalue weighted by atomic mass is 11.8. The summed E-state index contributed by atoms with van der Waals surface area (Å²) >= 11 is 4.32. The molecule has 0 unspecified atom stereocenters. The Hall–Kier alpha value is -0.0800. The molecular weight excluding hydrogens is 77.5 g/mol. The number of carbonyl (C=O) groups is 1. The fourth-order valence-corrected chi connectivity index (χ4v) is 0. The normalized spacial score (nSPS) is 3.25. The summed E-state index contributed by atoms with van der Waals surface area (Å²) in [7, 11) is 0. The summed E-state index contributed by atoms with van der Waals surface area (Å²) in [6.07, 6.45) is 0. The number of nitrogens with zero attached hydrogens (tertiary/aromatic N) is 1. The molecule has 0 amide bonds. The molecule has 0 bridgehead atoms. The lowest BCUT2D eigenvalue weighted by molar-refractivity contribution is 0.569. The Balaban J connectivity index is 0. The van der Waals surface area contributed by atoms with Crippen molar-refractivity contribution >= 4 is 17.3 Å². The molecule has 3 heteroatoms. The van der Waals surface area contributed by atoms with Gasteiger partial charge in [-0.05, 0) is 11.6 Å². The van der Waals surface area contributed by atoms with Gasteiger partial charge in [0.25, 0.3) is 0 Å². The van der Waals surface area contributed by atoms with E-state index in [2.05, 4.69) is 11.6 Å². The van der Waals surface area contributed by atoms with Crippen LogP contribution in [0.1, 0.15) is 0 Å². The minimum Gasteiger partial charge on any atom is -0.285 e. The summed E-state index contributed by atoms with van der Waals surface area (Å²) in [5.41, 5.74) is 0. The van der Waals surface area contributed by atoms with E-state index >= 15 is 0 Å². The molecule has 3 radical (unpaired) electrons. The fourth-order valence-electron chi connectivity index (χ4n) is 0. The first kappa shape index (κ1) is 9.07. The maximum absolute atomic E-state index is 8.57. The minimum atomic E-state index is 0. The number of halogens is 1. The smallest absolute Gasteiger partial charge is 0.208 e. The second kappa shape index (κ2) is 12.7. The van der Waals surface area contributed by atoms with Crippen molar-refractivity contribution in [1.82, 2.24) is 6.15 Å². The van der Waals surface area contributed by atoms with Gasteiger partial charge < -0.3 is 0 Å². The Morgan fingerprint density at radius 1 is 1.75 bits per heavy atom. The van der Waals surface area contributed by atoms with Gasteiger partial charge in [0, 0.05) is 6.15 Å². The van der Waals surface area contributed by atoms with Crippen LogP contribution in [0.25, 0.3) is 0 Å². The van der Waals surface area contributed by atoms with Crippen LogP contribution in [0.15, 0.2) is 0 Å². The van der Waals surface area contributed by atoms with Gasteiger partial charge in [0.05, 0.1) is 0 Å². The van der Waals surface area contributed by atoms with Gasteiger partial charge in [-0.25, -0.2) is 0 Å². The van der Waals surface area contributed by atoms with E-state index in [0.29, 0.717) is 0 Å². The van der Waals surface area contributed by atoms with Crippen molar-refractivity contribution in [3.8, 4) is 0 Å². The average molecular weight is 78.5 g/mol. The van der Waals surface area contributed by atoms with Crippen molar-refractivity contribution in [1.29, 1.82) is 0 Å². The molecule has 0 atom stereocenters. The van der Waals surface area contributed by atoms with Crippen molar-refractivity contribution < 1.29 is 4.79 Å². The van der Waals surface area contributed by atoms with Gasteiger partial charge in [-0.3, -0.25) is 4.79 Å². The Kier molecular flexibility index (Phi) is 28.8. The van der Waals surface area contributed by atoms with Gasteiger partial charge >= 0.3 is 0 Å². The van der Waals surface area contributed by atoms with Crippen LogP contribution in [-0.4, -0.2) is 5.75 Å². The molecular formula is CHClNO. The molecule has 23 valence electrons. The highest BCUT2D eigenvalue weighted by Crippen LogP contribution is 1.42. The minimum absolute atomic E-state index is 0. The van der Waals surface area contributed by atoms with E-state index < -0.39 is 0 Å². The molecule has 0 aliphatic carbocycles. The van der Waals surface area contributed by atoms with Crippen molar-refractivity contribution in [2.24, 2.45) is 0 Å². The van der Waals surface area contributed by atoms with Crippen LogP contribution in [0, 0.1) is 0 Å². The van der Waals surface area contributed by atoms with Crippen LogP contribution in [0.2, 0.25) is 0 Å². The van der Waals surface area contributed by atoms with Crippen molar-refractivity contribution in [2.75, 3.05) is 0 Å². The van der Waals surface area contributed by atoms with Crippen LogP contribution in [0.3, 0.4) is 0 Å². The molecule has 0 aromatic rings. The number of hydrogen-bond donors (Lipinski definition) is 0. The summed E-state index contributed by atoms with van der Waals surface area (Å²) in [5.74, 6) is 0.222. The zero-order valence-corrected chi connectivity index (χ0v) is 2.57. The van der Waals surface area contributed by atoms with E-state index in [4.69, 9.17) is 4.79 Å². The molecule has 0 aliphatic rings. The Bertz CT molecular complexity index is 15.5. The molecule has 0 aromatic heterocycles. The van der Waals surface area contributed by atoms with Gasteiger partial charge in [0.1, 0.15) is 0 Å². The van der Waals surface area contributed by atoms with Crippen molar-refractivity contribution in [3.63, 3.8) is 0 Å². The highest BCUT2D eigenvalue weighted by atomic mass is 35.5. The molecule has 0 N–H and O–H groups in total. The van der Waals surface area contributed by atoms with E-state index in [1.165, 1.54) is 0 Å². The van der Waals surface area contributed by atoms with Crippen molar-refractivity contribution in [3.05, 3.63) is 0 Å². The quantitative estimate of drug-likeness (QED) is 0.296. The van der Waals surface area contributed by atoms with Gasteiger partial charge in [-0.15, -0.1) is 0 Å². The number of rotatable bonds is 0. The summed E-state index contributed by atoms with van der Waals surface area (Å²) < 4.78 is 0. The molecule has 0 saturated carbocycles. The first-order chi connectivity index (χ1) is 1.41. The van der Waals surface area contributed by atoms with Crippen LogP contribution in [0.5, 0.6) is 0 Å². The second-order valence-electron chi connectivity index (χ2n) is 0.0891. The van der Waals surface area contributed by atoms with Crippen molar-refractivity contribution in [2.45, 2.75) is 0 Å². The SMILES string of the molecule is O=CCl.[N]. The Labute approximate surface area is 29.3 Å². The summed E-state index contributed by atoms with van der Waals surface area (Å²) in [4.78, 5) is 8.57. The topological polar surface area (TPSA) is 47.6 Å². The maximum Gasteiger partial charge on any atom is 0.208 e. The fraction of sp³-hybridized carbons (Fsp3) is 0. The van der Waals surface area contributed by atoms with E-state index in [9.17, 15) is 0 Å². The van der Waals surface area contributed by atoms with Crippen LogP contribution in [-0.2, 0) is 4.79 Å². The van der Waals surface area contributed by atoms with Crippen LogP contribution >= 0.6 is 11.6 Å². The lowest BCUT2D eigenvalue weighted by Gasteiger charge is -1.20. The molecule has 0 aliphatic heterocycles. The van der Waals surface area contributed by atoms with Gasteiger partial charge in [0.15, 0.2) is 0 Å². The van der Waals surface area contributed by atoms with E-state index in [0.717, 1.165) is 0 Å². The van der Waals surface area contributed by atoms with E-state index in [1.807, 2.05) is 0 Å². The Morgan fingerprint density at radius 2 is 1.75 bits per heavy atom. The first-order valence-corrected chi connectivity index (χ1v) is 0.890. The monoisotopic (exact) mass is 78.0 g/mol. The largest absolute Gasteiger partial charge is 0.285 e. The van der Waals surface area contributed by atoms with Gasteiger partial charge in [-0.1, -0.05) is 0 Å². The van der Waals surface area contributed by atoms with E-state index in [-0.39, 0.29) is 11.9 Å². The molecule has 0 aromatic carbocycles. The summed E-state index contributed by atoms with van der Waals surface area (Å²) in [6.45, 7) is 0. The third-order valence-corrected chi connectivity index (χ3v) is 0. The van der Waals surface area contributed by atoms with Crippen LogP contribution in [0.4, 0.5) is 0 Å². The third-order valence-electron chi connectivity index (χ3n) is 0. The standard InChI is InChI=1S/CHClO.N/c2-1-3;/h1H;. The number of carbonyl (C=O) groups excluding carboxylic acids is 1. The predicted octanol–water partition coefficient (Wildman–Crippen LogP) is -0.0652. The van der Waals surface area contributed by atoms with Crippen LogP contribution < -0.4 is 6.15 Å². The molecule has 0 fully saturated rings. The lowest BCUT2D eigenvalue weighted by Crippen LogP contribution is -1.24. The highest BCUT2D eigenvalue weighted by molar-refractivity contribution is 6.54. The molecule has 0 spiro atoms. The highest BCUT2D eigenvalue weighted by Gasteiger charge is 1.28. The summed E-state index contributed by atoms with van der Waals surface area (Å²) in [5, 5.41) is 0. The first-order valence-electron chi connectivity index (χ1n) is 0.454. The molecule has 0 saturated heterocycles. The molecule has 0 heterocycles. The summed E-state index contributed by atoms with van der Waals surface area (Å²) in [6, 6.07) is 0. The zero-order chi connectivity index (χ0) is 2.71. The third kappa shape index (κ3) is 254. The number of hydrogen-bond acceptors (Lipinski definition) is 1. The predicted molar refractivity (Wildman–Crippen MR) is 14.7 cm³/mol. The molecule has 4 heavy (non-hydrogen) atoms. The molecule has 0 rings (SSSR count). The van der Waals surface area contributed by atoms with E-state index in [1.54, 1.807) is 0 Å². The zero-order valence-electron chi connectivity index (χ0n) is 1.81. The molecule has 2 nitrogen and oxygen atoms in total. The van der Waals surface area contributed by atoms with Gasteiger partial charge in [0.2, 0.25) is 5.75 Å². The Morgan fingerprint density at radius 3 is 1.75 bits per heavy atom.